The number of nitrogens with one attached hydrogen (secondary N) is 2. The van der Waals surface area contributed by atoms with E-state index < -0.39 is 24.0 Å². The van der Waals surface area contributed by atoms with E-state index in [0.29, 0.717) is 23.5 Å². The highest BCUT2D eigenvalue weighted by molar-refractivity contribution is 14.1. The molecule has 1 aromatic carbocycles. The van der Waals surface area contributed by atoms with Gasteiger partial charge in [0.05, 0.1) is 19.0 Å². The van der Waals surface area contributed by atoms with E-state index >= 15 is 0 Å². The van der Waals surface area contributed by atoms with Crippen LogP contribution in [-0.4, -0.2) is 56.8 Å². The Labute approximate surface area is 185 Å². The standard InChI is InChI=1S/C19H20IN7O3/c1-22-18(28)19-7-29-13(14(19)21)17(30-19)27-9-26-12-15(24-8-25-16(12)27)23-6-10-3-2-4-11(20)5-10/h2-5,8-9,13-14,17H,6-7,21H2,1H3,(H,22,28)(H,23,24,25)/t13-,14?,17+,19+/m0/s1. The molecule has 4 heterocycles. The van der Waals surface area contributed by atoms with Crippen molar-refractivity contribution in [1.82, 2.24) is 24.8 Å². The number of ether oxygens (including phenoxy) is 2. The van der Waals surface area contributed by atoms with Gasteiger partial charge in [-0.2, -0.15) is 0 Å². The Kier molecular flexibility index (Phi) is 4.84. The van der Waals surface area contributed by atoms with Gasteiger partial charge in [0.1, 0.15) is 12.4 Å². The Morgan fingerprint density at radius 3 is 3.07 bits per heavy atom. The number of amides is 1. The predicted molar refractivity (Wildman–Crippen MR) is 116 cm³/mol. The van der Waals surface area contributed by atoms with E-state index in [-0.39, 0.29) is 12.5 Å². The number of nitrogens with zero attached hydrogens (tertiary/aromatic N) is 4. The van der Waals surface area contributed by atoms with Crippen molar-refractivity contribution in [3.63, 3.8) is 0 Å². The molecule has 10 nitrogen and oxygen atoms in total. The Morgan fingerprint density at radius 1 is 1.40 bits per heavy atom. The molecular weight excluding hydrogens is 501 g/mol. The minimum Gasteiger partial charge on any atom is -0.368 e. The Hall–Kier alpha value is -2.35. The second kappa shape index (κ2) is 7.41. The van der Waals surface area contributed by atoms with E-state index in [4.69, 9.17) is 15.2 Å². The molecule has 2 aliphatic rings. The Balaban J connectivity index is 1.44. The number of anilines is 1. The van der Waals surface area contributed by atoms with E-state index in [1.807, 2.05) is 18.2 Å². The number of carbonyl (C=O) groups excluding carboxylic acids is 1. The molecule has 0 radical (unpaired) electrons. The number of halogens is 1. The van der Waals surface area contributed by atoms with Crippen LogP contribution in [-0.2, 0) is 20.8 Å². The quantitative estimate of drug-likeness (QED) is 0.421. The normalized spacial score (nSPS) is 27.5. The van der Waals surface area contributed by atoms with Crippen LogP contribution in [0.1, 0.15) is 11.8 Å². The van der Waals surface area contributed by atoms with Crippen molar-refractivity contribution in [2.24, 2.45) is 5.73 Å². The summed E-state index contributed by atoms with van der Waals surface area (Å²) in [7, 11) is 1.55. The predicted octanol–water partition coefficient (Wildman–Crippen LogP) is 0.783. The number of benzene rings is 1. The molecule has 1 amide bonds. The van der Waals surface area contributed by atoms with Crippen LogP contribution >= 0.6 is 22.6 Å². The number of imidazole rings is 1. The number of hydrogen-bond donors (Lipinski definition) is 3. The fourth-order valence-corrected chi connectivity index (χ4v) is 4.64. The van der Waals surface area contributed by atoms with Crippen LogP contribution < -0.4 is 16.4 Å². The average Bonchev–Trinajstić information content (AvgIpc) is 3.42. The van der Waals surface area contributed by atoms with Crippen molar-refractivity contribution in [1.29, 1.82) is 0 Å². The number of fused-ring (bicyclic) bond motifs is 3. The number of carbonyl (C=O) groups is 1. The molecule has 2 saturated heterocycles. The molecule has 2 fully saturated rings. The summed E-state index contributed by atoms with van der Waals surface area (Å²) < 4.78 is 14.8. The molecule has 4 N–H and O–H groups in total. The lowest BCUT2D eigenvalue weighted by Crippen LogP contribution is -2.56. The van der Waals surface area contributed by atoms with Gasteiger partial charge in [0.15, 0.2) is 28.8 Å². The van der Waals surface area contributed by atoms with Crippen LogP contribution in [0.25, 0.3) is 11.2 Å². The lowest BCUT2D eigenvalue weighted by Gasteiger charge is -2.29. The first-order chi connectivity index (χ1) is 14.5. The van der Waals surface area contributed by atoms with Gasteiger partial charge in [0, 0.05) is 17.2 Å². The summed E-state index contributed by atoms with van der Waals surface area (Å²) in [5.74, 6) is 0.325. The highest BCUT2D eigenvalue weighted by Gasteiger charge is 2.64. The first kappa shape index (κ1) is 19.6. The molecule has 4 atom stereocenters. The van der Waals surface area contributed by atoms with Gasteiger partial charge in [-0.1, -0.05) is 12.1 Å². The van der Waals surface area contributed by atoms with Crippen molar-refractivity contribution >= 4 is 45.5 Å². The van der Waals surface area contributed by atoms with Crippen LogP contribution in [0.15, 0.2) is 36.9 Å². The van der Waals surface area contributed by atoms with Crippen molar-refractivity contribution in [2.75, 3.05) is 19.0 Å². The molecule has 156 valence electrons. The fraction of sp³-hybridized carbons (Fsp3) is 0.368. The molecule has 2 bridgehead atoms. The monoisotopic (exact) mass is 521 g/mol. The van der Waals surface area contributed by atoms with Gasteiger partial charge in [0.2, 0.25) is 0 Å². The number of likely N-dealkylation sites (N-methyl/N-ethyl adjacent to an activating group) is 1. The van der Waals surface area contributed by atoms with E-state index in [0.717, 1.165) is 5.56 Å². The number of hydrogen-bond acceptors (Lipinski definition) is 8. The van der Waals surface area contributed by atoms with Gasteiger partial charge in [-0.3, -0.25) is 9.36 Å². The van der Waals surface area contributed by atoms with E-state index in [1.165, 1.54) is 9.90 Å². The topological polar surface area (TPSA) is 129 Å². The van der Waals surface area contributed by atoms with Crippen LogP contribution in [0.4, 0.5) is 5.82 Å². The number of aromatic nitrogens is 4. The molecule has 11 heteroatoms. The largest absolute Gasteiger partial charge is 0.368 e. The minimum absolute atomic E-state index is 0.124. The first-order valence-corrected chi connectivity index (χ1v) is 10.5. The highest BCUT2D eigenvalue weighted by atomic mass is 127. The van der Waals surface area contributed by atoms with Crippen molar-refractivity contribution < 1.29 is 14.3 Å². The van der Waals surface area contributed by atoms with E-state index in [2.05, 4.69) is 54.2 Å². The zero-order valence-electron chi connectivity index (χ0n) is 16.1. The molecule has 2 aromatic heterocycles. The molecular formula is C19H20IN7O3. The first-order valence-electron chi connectivity index (χ1n) is 9.46. The van der Waals surface area contributed by atoms with Gasteiger partial charge in [-0.25, -0.2) is 15.0 Å². The summed E-state index contributed by atoms with van der Waals surface area (Å²) in [4.78, 5) is 25.6. The zero-order valence-corrected chi connectivity index (χ0v) is 18.2. The summed E-state index contributed by atoms with van der Waals surface area (Å²) in [5.41, 5.74) is 7.41. The Morgan fingerprint density at radius 2 is 2.27 bits per heavy atom. The third-order valence-electron chi connectivity index (χ3n) is 5.59. The van der Waals surface area contributed by atoms with E-state index in [1.54, 1.807) is 17.9 Å². The van der Waals surface area contributed by atoms with Crippen LogP contribution in [0, 0.1) is 3.57 Å². The molecule has 0 saturated carbocycles. The van der Waals surface area contributed by atoms with Crippen LogP contribution in [0.3, 0.4) is 0 Å². The Bertz CT molecular complexity index is 1120. The third kappa shape index (κ3) is 2.95. The summed E-state index contributed by atoms with van der Waals surface area (Å²) in [6.07, 6.45) is 2.02. The molecule has 2 aliphatic heterocycles. The number of nitrogens with two attached hydrogens (primary N) is 1. The SMILES string of the molecule is CNC(=O)[C@@]12CO[C@@H](C1N)[C@H](n1cnc3c(NCc4cccc(I)c4)ncnc31)O2. The third-order valence-corrected chi connectivity index (χ3v) is 6.26. The zero-order chi connectivity index (χ0) is 20.9. The lowest BCUT2D eigenvalue weighted by molar-refractivity contribution is -0.182. The number of rotatable bonds is 5. The maximum Gasteiger partial charge on any atom is 0.256 e. The second-order valence-electron chi connectivity index (χ2n) is 7.31. The minimum atomic E-state index is -1.21. The van der Waals surface area contributed by atoms with Gasteiger partial charge >= 0.3 is 0 Å². The smallest absolute Gasteiger partial charge is 0.256 e. The molecule has 30 heavy (non-hydrogen) atoms. The summed E-state index contributed by atoms with van der Waals surface area (Å²) >= 11 is 2.28. The van der Waals surface area contributed by atoms with Crippen LogP contribution in [0.5, 0.6) is 0 Å². The maximum absolute atomic E-state index is 12.4. The van der Waals surface area contributed by atoms with Crippen LogP contribution in [0.2, 0.25) is 0 Å². The molecule has 1 unspecified atom stereocenters. The highest BCUT2D eigenvalue weighted by Crippen LogP contribution is 2.44. The second-order valence-corrected chi connectivity index (χ2v) is 8.55. The van der Waals surface area contributed by atoms with E-state index in [9.17, 15) is 4.79 Å². The summed E-state index contributed by atoms with van der Waals surface area (Å²) in [6.45, 7) is 0.728. The van der Waals surface area contributed by atoms with Crippen molar-refractivity contribution in [3.8, 4) is 0 Å². The summed E-state index contributed by atoms with van der Waals surface area (Å²) in [6, 6.07) is 7.63. The van der Waals surface area contributed by atoms with Crippen molar-refractivity contribution in [3.05, 3.63) is 46.1 Å². The average molecular weight is 521 g/mol. The lowest BCUT2D eigenvalue weighted by atomic mass is 9.96. The maximum atomic E-state index is 12.4. The van der Waals surface area contributed by atoms with Crippen molar-refractivity contribution in [2.45, 2.75) is 30.5 Å². The van der Waals surface area contributed by atoms with Gasteiger partial charge in [-0.05, 0) is 40.3 Å². The summed E-state index contributed by atoms with van der Waals surface area (Å²) in [5, 5.41) is 5.94. The molecule has 3 aromatic rings. The van der Waals surface area contributed by atoms with Gasteiger partial charge in [-0.15, -0.1) is 0 Å². The molecule has 0 aliphatic carbocycles. The fourth-order valence-electron chi connectivity index (χ4n) is 4.04. The molecule has 0 spiro atoms. The van der Waals surface area contributed by atoms with Gasteiger partial charge < -0.3 is 25.8 Å². The molecule has 5 rings (SSSR count). The van der Waals surface area contributed by atoms with Gasteiger partial charge in [0.25, 0.3) is 5.91 Å².